The van der Waals surface area contributed by atoms with Crippen molar-refractivity contribution >= 4 is 56.8 Å². The summed E-state index contributed by atoms with van der Waals surface area (Å²) in [5.74, 6) is 0.378. The standard InChI is InChI=1S/C18H12FI2NO/c1-2-7-23-18-16(20)9-12(10-17(18)21)8-13(11-22)14-5-3-4-6-15(14)19/h2-6,8-10H,1,7H2/b13-8-. The van der Waals surface area contributed by atoms with E-state index in [9.17, 15) is 9.65 Å². The second-order valence-electron chi connectivity index (χ2n) is 4.56. The van der Waals surface area contributed by atoms with Crippen LogP contribution >= 0.6 is 45.2 Å². The highest BCUT2D eigenvalue weighted by atomic mass is 127. The summed E-state index contributed by atoms with van der Waals surface area (Å²) in [6.07, 6.45) is 3.37. The first-order valence-corrected chi connectivity index (χ1v) is 8.82. The van der Waals surface area contributed by atoms with Crippen LogP contribution < -0.4 is 4.74 Å². The van der Waals surface area contributed by atoms with Crippen LogP contribution in [0.5, 0.6) is 5.75 Å². The molecule has 0 N–H and O–H groups in total. The highest BCUT2D eigenvalue weighted by Gasteiger charge is 2.10. The van der Waals surface area contributed by atoms with Crippen LogP contribution in [-0.4, -0.2) is 6.61 Å². The van der Waals surface area contributed by atoms with Crippen LogP contribution in [0.2, 0.25) is 0 Å². The Morgan fingerprint density at radius 3 is 2.48 bits per heavy atom. The fraction of sp³-hybridized carbons (Fsp3) is 0.0556. The minimum atomic E-state index is -0.407. The van der Waals surface area contributed by atoms with E-state index in [1.165, 1.54) is 6.07 Å². The molecule has 2 rings (SSSR count). The van der Waals surface area contributed by atoms with Gasteiger partial charge in [0.15, 0.2) is 0 Å². The Morgan fingerprint density at radius 2 is 1.91 bits per heavy atom. The lowest BCUT2D eigenvalue weighted by molar-refractivity contribution is 0.358. The van der Waals surface area contributed by atoms with Crippen molar-refractivity contribution in [1.82, 2.24) is 0 Å². The van der Waals surface area contributed by atoms with Crippen LogP contribution in [0.4, 0.5) is 4.39 Å². The maximum Gasteiger partial charge on any atom is 0.146 e. The van der Waals surface area contributed by atoms with Crippen molar-refractivity contribution in [1.29, 1.82) is 5.26 Å². The van der Waals surface area contributed by atoms with Crippen LogP contribution in [0.25, 0.3) is 11.6 Å². The molecule has 2 nitrogen and oxygen atoms in total. The molecule has 0 amide bonds. The van der Waals surface area contributed by atoms with E-state index < -0.39 is 5.82 Å². The third-order valence-electron chi connectivity index (χ3n) is 2.96. The summed E-state index contributed by atoms with van der Waals surface area (Å²) in [6.45, 7) is 4.06. The van der Waals surface area contributed by atoms with E-state index >= 15 is 0 Å². The summed E-state index contributed by atoms with van der Waals surface area (Å²) in [5, 5.41) is 9.35. The molecule has 0 aromatic heterocycles. The SMILES string of the molecule is C=CCOc1c(I)cc(/C=C(/C#N)c2ccccc2F)cc1I. The highest BCUT2D eigenvalue weighted by Crippen LogP contribution is 2.31. The van der Waals surface area contributed by atoms with E-state index in [4.69, 9.17) is 4.74 Å². The smallest absolute Gasteiger partial charge is 0.146 e. The molecule has 0 atom stereocenters. The molecule has 0 unspecified atom stereocenters. The number of nitrogens with zero attached hydrogens (tertiary/aromatic N) is 1. The van der Waals surface area contributed by atoms with Gasteiger partial charge in [-0.1, -0.05) is 30.9 Å². The zero-order valence-corrected chi connectivity index (χ0v) is 16.3. The van der Waals surface area contributed by atoms with Gasteiger partial charge in [-0.05, 0) is 75.0 Å². The Balaban J connectivity index is 2.44. The van der Waals surface area contributed by atoms with E-state index in [0.29, 0.717) is 12.2 Å². The summed E-state index contributed by atoms with van der Waals surface area (Å²) in [7, 11) is 0. The van der Waals surface area contributed by atoms with Gasteiger partial charge in [0.2, 0.25) is 0 Å². The lowest BCUT2D eigenvalue weighted by atomic mass is 10.0. The largest absolute Gasteiger partial charge is 0.487 e. The number of benzene rings is 2. The Hall–Kier alpha value is -1.40. The minimum Gasteiger partial charge on any atom is -0.487 e. The average molecular weight is 531 g/mol. The molecule has 0 radical (unpaired) electrons. The van der Waals surface area contributed by atoms with Crippen molar-refractivity contribution in [3.05, 3.63) is 73.1 Å². The first kappa shape index (κ1) is 17.9. The van der Waals surface area contributed by atoms with Crippen LogP contribution in [-0.2, 0) is 0 Å². The number of hydrogen-bond acceptors (Lipinski definition) is 2. The van der Waals surface area contributed by atoms with E-state index in [-0.39, 0.29) is 5.57 Å². The second kappa shape index (κ2) is 8.45. The Labute approximate surface area is 161 Å². The van der Waals surface area contributed by atoms with Gasteiger partial charge in [-0.15, -0.1) is 0 Å². The summed E-state index contributed by atoms with van der Waals surface area (Å²) in [5.41, 5.74) is 1.41. The quantitative estimate of drug-likeness (QED) is 0.216. The van der Waals surface area contributed by atoms with Gasteiger partial charge < -0.3 is 4.74 Å². The molecular weight excluding hydrogens is 519 g/mol. The third-order valence-corrected chi connectivity index (χ3v) is 4.56. The number of rotatable bonds is 5. The predicted molar refractivity (Wildman–Crippen MR) is 107 cm³/mol. The predicted octanol–water partition coefficient (Wildman–Crippen LogP) is 5.66. The molecule has 0 saturated heterocycles. The molecule has 2 aromatic carbocycles. The van der Waals surface area contributed by atoms with Crippen molar-refractivity contribution in [3.63, 3.8) is 0 Å². The monoisotopic (exact) mass is 531 g/mol. The number of allylic oxidation sites excluding steroid dienone is 1. The molecular formula is C18H12FI2NO. The molecule has 0 spiro atoms. The van der Waals surface area contributed by atoms with Gasteiger partial charge in [0, 0.05) is 5.56 Å². The average Bonchev–Trinajstić information content (AvgIpc) is 2.53. The first-order valence-electron chi connectivity index (χ1n) is 6.66. The molecule has 0 saturated carbocycles. The van der Waals surface area contributed by atoms with Gasteiger partial charge in [-0.25, -0.2) is 4.39 Å². The minimum absolute atomic E-state index is 0.287. The molecule has 0 aliphatic rings. The van der Waals surface area contributed by atoms with Crippen molar-refractivity contribution in [2.45, 2.75) is 0 Å². The molecule has 0 bridgehead atoms. The fourth-order valence-electron chi connectivity index (χ4n) is 1.96. The first-order chi connectivity index (χ1) is 11.1. The maximum atomic E-state index is 13.9. The van der Waals surface area contributed by atoms with Gasteiger partial charge in [-0.2, -0.15) is 5.26 Å². The number of halogens is 3. The van der Waals surface area contributed by atoms with E-state index in [2.05, 4.69) is 57.8 Å². The van der Waals surface area contributed by atoms with E-state index in [0.717, 1.165) is 18.5 Å². The highest BCUT2D eigenvalue weighted by molar-refractivity contribution is 14.1. The van der Waals surface area contributed by atoms with Gasteiger partial charge in [0.05, 0.1) is 18.8 Å². The zero-order chi connectivity index (χ0) is 16.8. The van der Waals surface area contributed by atoms with Crippen LogP contribution in [0.1, 0.15) is 11.1 Å². The molecule has 116 valence electrons. The van der Waals surface area contributed by atoms with Gasteiger partial charge >= 0.3 is 0 Å². The van der Waals surface area contributed by atoms with Crippen molar-refractivity contribution in [3.8, 4) is 11.8 Å². The molecule has 23 heavy (non-hydrogen) atoms. The van der Waals surface area contributed by atoms with Crippen molar-refractivity contribution < 1.29 is 9.13 Å². The third kappa shape index (κ3) is 4.54. The maximum absolute atomic E-state index is 13.9. The van der Waals surface area contributed by atoms with E-state index in [1.807, 2.05) is 12.1 Å². The molecule has 0 heterocycles. The van der Waals surface area contributed by atoms with Crippen molar-refractivity contribution in [2.75, 3.05) is 6.61 Å². The topological polar surface area (TPSA) is 33.0 Å². The Morgan fingerprint density at radius 1 is 1.26 bits per heavy atom. The fourth-order valence-corrected chi connectivity index (χ4v) is 4.09. The second-order valence-corrected chi connectivity index (χ2v) is 6.89. The van der Waals surface area contributed by atoms with Crippen LogP contribution in [0.3, 0.4) is 0 Å². The normalized spacial score (nSPS) is 11.0. The Bertz CT molecular complexity index is 786. The summed E-state index contributed by atoms with van der Waals surface area (Å²) >= 11 is 4.36. The molecule has 0 aliphatic carbocycles. The van der Waals surface area contributed by atoms with Crippen molar-refractivity contribution in [2.24, 2.45) is 0 Å². The molecule has 0 fully saturated rings. The number of nitriles is 1. The van der Waals surface area contributed by atoms with E-state index in [1.54, 1.807) is 30.4 Å². The molecule has 2 aromatic rings. The molecule has 5 heteroatoms. The molecule has 0 aliphatic heterocycles. The van der Waals surface area contributed by atoms with Crippen LogP contribution in [0.15, 0.2) is 49.1 Å². The number of hydrogen-bond donors (Lipinski definition) is 0. The number of ether oxygens (including phenoxy) is 1. The summed E-state index contributed by atoms with van der Waals surface area (Å²) < 4.78 is 21.3. The van der Waals surface area contributed by atoms with Crippen LogP contribution in [0, 0.1) is 24.3 Å². The summed E-state index contributed by atoms with van der Waals surface area (Å²) in [4.78, 5) is 0. The van der Waals surface area contributed by atoms with Gasteiger partial charge in [0.1, 0.15) is 18.2 Å². The van der Waals surface area contributed by atoms with Gasteiger partial charge in [-0.3, -0.25) is 0 Å². The van der Waals surface area contributed by atoms with Gasteiger partial charge in [0.25, 0.3) is 0 Å². The lowest BCUT2D eigenvalue weighted by Gasteiger charge is -2.10. The zero-order valence-electron chi connectivity index (χ0n) is 12.0. The summed E-state index contributed by atoms with van der Waals surface area (Å²) in [6, 6.07) is 12.1. The Kier molecular flexibility index (Phi) is 6.59. The lowest BCUT2D eigenvalue weighted by Crippen LogP contribution is -1.98.